The molecule has 1 aromatic heterocycles. The van der Waals surface area contributed by atoms with Gasteiger partial charge in [0.25, 0.3) is 0 Å². The SMILES string of the molecule is CC1CCN(c2ncnc3cc(Cl)ccc23)C1. The predicted octanol–water partition coefficient (Wildman–Crippen LogP) is 3.13. The van der Waals surface area contributed by atoms with Crippen molar-refractivity contribution in [3.8, 4) is 0 Å². The minimum atomic E-state index is 0.719. The van der Waals surface area contributed by atoms with Gasteiger partial charge in [-0.25, -0.2) is 9.97 Å². The molecule has 4 heteroatoms. The van der Waals surface area contributed by atoms with Gasteiger partial charge in [0.1, 0.15) is 12.1 Å². The van der Waals surface area contributed by atoms with Crippen molar-refractivity contribution in [2.75, 3.05) is 18.0 Å². The van der Waals surface area contributed by atoms with Crippen molar-refractivity contribution >= 4 is 28.3 Å². The molecule has 0 saturated carbocycles. The van der Waals surface area contributed by atoms with Crippen molar-refractivity contribution < 1.29 is 0 Å². The highest BCUT2D eigenvalue weighted by Gasteiger charge is 2.21. The summed E-state index contributed by atoms with van der Waals surface area (Å²) in [7, 11) is 0. The third kappa shape index (κ3) is 1.95. The van der Waals surface area contributed by atoms with Gasteiger partial charge in [-0.05, 0) is 30.5 Å². The summed E-state index contributed by atoms with van der Waals surface area (Å²) in [6, 6.07) is 5.80. The molecular formula is C13H14ClN3. The van der Waals surface area contributed by atoms with E-state index in [1.165, 1.54) is 6.42 Å². The molecule has 0 radical (unpaired) electrons. The van der Waals surface area contributed by atoms with E-state index in [-0.39, 0.29) is 0 Å². The van der Waals surface area contributed by atoms with Crippen LogP contribution in [0.2, 0.25) is 5.02 Å². The van der Waals surface area contributed by atoms with E-state index in [9.17, 15) is 0 Å². The first-order valence-electron chi connectivity index (χ1n) is 5.89. The number of nitrogens with zero attached hydrogens (tertiary/aromatic N) is 3. The number of halogens is 1. The Kier molecular flexibility index (Phi) is 2.63. The maximum atomic E-state index is 5.98. The highest BCUT2D eigenvalue weighted by Crippen LogP contribution is 2.28. The van der Waals surface area contributed by atoms with Gasteiger partial charge < -0.3 is 4.90 Å². The van der Waals surface area contributed by atoms with Gasteiger partial charge in [0.05, 0.1) is 5.52 Å². The summed E-state index contributed by atoms with van der Waals surface area (Å²) >= 11 is 5.98. The van der Waals surface area contributed by atoms with E-state index in [2.05, 4.69) is 21.8 Å². The zero-order valence-corrected chi connectivity index (χ0v) is 10.5. The normalized spacial score (nSPS) is 20.1. The molecule has 1 atom stereocenters. The highest BCUT2D eigenvalue weighted by atomic mass is 35.5. The van der Waals surface area contributed by atoms with E-state index in [0.717, 1.165) is 40.8 Å². The zero-order chi connectivity index (χ0) is 11.8. The third-order valence-corrected chi connectivity index (χ3v) is 3.54. The lowest BCUT2D eigenvalue weighted by Crippen LogP contribution is -2.20. The lowest BCUT2D eigenvalue weighted by molar-refractivity contribution is 0.659. The van der Waals surface area contributed by atoms with Crippen LogP contribution in [-0.2, 0) is 0 Å². The minimum absolute atomic E-state index is 0.719. The van der Waals surface area contributed by atoms with E-state index < -0.39 is 0 Å². The van der Waals surface area contributed by atoms with Crippen LogP contribution < -0.4 is 4.90 Å². The average molecular weight is 248 g/mol. The molecule has 0 bridgehead atoms. The molecule has 88 valence electrons. The molecule has 1 aliphatic heterocycles. The van der Waals surface area contributed by atoms with Crippen molar-refractivity contribution in [2.24, 2.45) is 5.92 Å². The fourth-order valence-corrected chi connectivity index (χ4v) is 2.56. The van der Waals surface area contributed by atoms with Gasteiger partial charge in [-0.3, -0.25) is 0 Å². The zero-order valence-electron chi connectivity index (χ0n) is 9.73. The summed E-state index contributed by atoms with van der Waals surface area (Å²) in [5.74, 6) is 1.78. The molecule has 3 nitrogen and oxygen atoms in total. The fourth-order valence-electron chi connectivity index (χ4n) is 2.40. The quantitative estimate of drug-likeness (QED) is 0.775. The molecule has 0 spiro atoms. The number of fused-ring (bicyclic) bond motifs is 1. The lowest BCUT2D eigenvalue weighted by Gasteiger charge is -2.18. The van der Waals surface area contributed by atoms with Crippen LogP contribution in [0.25, 0.3) is 10.9 Å². The smallest absolute Gasteiger partial charge is 0.139 e. The Bertz CT molecular complexity index is 555. The molecule has 1 aromatic carbocycles. The van der Waals surface area contributed by atoms with Gasteiger partial charge in [0.15, 0.2) is 0 Å². The van der Waals surface area contributed by atoms with Crippen molar-refractivity contribution in [1.29, 1.82) is 0 Å². The van der Waals surface area contributed by atoms with Gasteiger partial charge in [0.2, 0.25) is 0 Å². The first kappa shape index (κ1) is 10.8. The molecule has 0 amide bonds. The molecule has 1 saturated heterocycles. The topological polar surface area (TPSA) is 29.0 Å². The fraction of sp³-hybridized carbons (Fsp3) is 0.385. The minimum Gasteiger partial charge on any atom is -0.356 e. The third-order valence-electron chi connectivity index (χ3n) is 3.30. The van der Waals surface area contributed by atoms with Crippen molar-refractivity contribution in [1.82, 2.24) is 9.97 Å². The van der Waals surface area contributed by atoms with E-state index in [4.69, 9.17) is 11.6 Å². The first-order chi connectivity index (χ1) is 8.24. The molecule has 0 aliphatic carbocycles. The summed E-state index contributed by atoms with van der Waals surface area (Å²) < 4.78 is 0. The number of rotatable bonds is 1. The second kappa shape index (κ2) is 4.15. The largest absolute Gasteiger partial charge is 0.356 e. The number of aromatic nitrogens is 2. The van der Waals surface area contributed by atoms with Gasteiger partial charge in [-0.15, -0.1) is 0 Å². The van der Waals surface area contributed by atoms with Crippen molar-refractivity contribution in [2.45, 2.75) is 13.3 Å². The van der Waals surface area contributed by atoms with Gasteiger partial charge in [-0.1, -0.05) is 18.5 Å². The first-order valence-corrected chi connectivity index (χ1v) is 6.27. The summed E-state index contributed by atoms with van der Waals surface area (Å²) in [4.78, 5) is 11.0. The molecule has 2 heterocycles. The average Bonchev–Trinajstić information content (AvgIpc) is 2.74. The highest BCUT2D eigenvalue weighted by molar-refractivity contribution is 6.31. The van der Waals surface area contributed by atoms with Gasteiger partial charge in [-0.2, -0.15) is 0 Å². The van der Waals surface area contributed by atoms with E-state index in [0.29, 0.717) is 0 Å². The van der Waals surface area contributed by atoms with Crippen LogP contribution in [0.15, 0.2) is 24.5 Å². The Morgan fingerprint density at radius 2 is 2.24 bits per heavy atom. The number of anilines is 1. The van der Waals surface area contributed by atoms with Crippen LogP contribution in [0.1, 0.15) is 13.3 Å². The van der Waals surface area contributed by atoms with Crippen LogP contribution in [0.3, 0.4) is 0 Å². The van der Waals surface area contributed by atoms with Crippen LogP contribution in [0, 0.1) is 5.92 Å². The van der Waals surface area contributed by atoms with Crippen LogP contribution in [0.4, 0.5) is 5.82 Å². The van der Waals surface area contributed by atoms with E-state index in [1.54, 1.807) is 6.33 Å². The van der Waals surface area contributed by atoms with Crippen LogP contribution in [0.5, 0.6) is 0 Å². The van der Waals surface area contributed by atoms with Crippen molar-refractivity contribution in [3.63, 3.8) is 0 Å². The summed E-state index contributed by atoms with van der Waals surface area (Å²) in [5.41, 5.74) is 0.919. The molecule has 3 rings (SSSR count). The number of benzene rings is 1. The molecule has 2 aromatic rings. The maximum Gasteiger partial charge on any atom is 0.139 e. The predicted molar refractivity (Wildman–Crippen MR) is 70.5 cm³/mol. The number of hydrogen-bond donors (Lipinski definition) is 0. The Morgan fingerprint density at radius 3 is 3.00 bits per heavy atom. The molecule has 1 fully saturated rings. The van der Waals surface area contributed by atoms with Gasteiger partial charge in [0, 0.05) is 23.5 Å². The van der Waals surface area contributed by atoms with Crippen molar-refractivity contribution in [3.05, 3.63) is 29.5 Å². The Hall–Kier alpha value is -1.35. The second-order valence-electron chi connectivity index (χ2n) is 4.70. The summed E-state index contributed by atoms with van der Waals surface area (Å²) in [5, 5.41) is 1.81. The van der Waals surface area contributed by atoms with Crippen LogP contribution >= 0.6 is 11.6 Å². The maximum absolute atomic E-state index is 5.98. The molecular weight excluding hydrogens is 234 g/mol. The second-order valence-corrected chi connectivity index (χ2v) is 5.14. The Balaban J connectivity index is 2.10. The monoisotopic (exact) mass is 247 g/mol. The summed E-state index contributed by atoms with van der Waals surface area (Å²) in [6.07, 6.45) is 2.86. The molecule has 17 heavy (non-hydrogen) atoms. The summed E-state index contributed by atoms with van der Waals surface area (Å²) in [6.45, 7) is 4.44. The van der Waals surface area contributed by atoms with E-state index in [1.807, 2.05) is 18.2 Å². The molecule has 1 unspecified atom stereocenters. The van der Waals surface area contributed by atoms with Crippen LogP contribution in [-0.4, -0.2) is 23.1 Å². The Labute approximate surface area is 105 Å². The molecule has 1 aliphatic rings. The Morgan fingerprint density at radius 1 is 1.35 bits per heavy atom. The number of hydrogen-bond acceptors (Lipinski definition) is 3. The standard InChI is InChI=1S/C13H14ClN3/c1-9-4-5-17(7-9)13-11-3-2-10(14)6-12(11)15-8-16-13/h2-3,6,8-9H,4-5,7H2,1H3. The lowest BCUT2D eigenvalue weighted by atomic mass is 10.2. The van der Waals surface area contributed by atoms with E-state index >= 15 is 0 Å². The molecule has 0 N–H and O–H groups in total. The van der Waals surface area contributed by atoms with Gasteiger partial charge >= 0.3 is 0 Å².